The van der Waals surface area contributed by atoms with E-state index in [1.807, 2.05) is 18.3 Å². The number of aromatic amines is 1. The van der Waals surface area contributed by atoms with Gasteiger partial charge in [-0.25, -0.2) is 0 Å². The molecule has 0 bridgehead atoms. The largest absolute Gasteiger partial charge is 0.299 e. The highest BCUT2D eigenvalue weighted by Gasteiger charge is 2.20. The van der Waals surface area contributed by atoms with Gasteiger partial charge in [0.2, 0.25) is 0 Å². The molecule has 2 heterocycles. The Bertz CT molecular complexity index is 874. The first-order chi connectivity index (χ1) is 12.2. The molecule has 1 N–H and O–H groups in total. The van der Waals surface area contributed by atoms with Gasteiger partial charge in [0.1, 0.15) is 0 Å². The van der Waals surface area contributed by atoms with Crippen LogP contribution in [0.3, 0.4) is 0 Å². The minimum Gasteiger partial charge on any atom is -0.299 e. The van der Waals surface area contributed by atoms with E-state index in [0.29, 0.717) is 16.0 Å². The number of piperidine rings is 1. The Morgan fingerprint density at radius 2 is 1.96 bits per heavy atom. The molecule has 1 fully saturated rings. The summed E-state index contributed by atoms with van der Waals surface area (Å²) in [6, 6.07) is 12.6. The molecule has 1 aliphatic rings. The first-order valence-corrected chi connectivity index (χ1v) is 9.51. The van der Waals surface area contributed by atoms with E-state index in [9.17, 15) is 0 Å². The van der Waals surface area contributed by atoms with E-state index in [0.717, 1.165) is 31.6 Å². The third-order valence-corrected chi connectivity index (χ3v) is 5.76. The van der Waals surface area contributed by atoms with E-state index in [-0.39, 0.29) is 0 Å². The first kappa shape index (κ1) is 16.9. The van der Waals surface area contributed by atoms with Gasteiger partial charge in [-0.2, -0.15) is 5.10 Å². The van der Waals surface area contributed by atoms with E-state index in [1.165, 1.54) is 29.4 Å². The van der Waals surface area contributed by atoms with Crippen LogP contribution in [0.1, 0.15) is 24.0 Å². The molecule has 0 aliphatic carbocycles. The quantitative estimate of drug-likeness (QED) is 0.670. The maximum absolute atomic E-state index is 6.15. The standard InChI is InChI=1S/C20H21Cl2N3/c21-18-5-3-16(10-19(18)22)13-25-7-1-2-15(12-25)8-14-4-6-20-17(9-14)11-23-24-20/h3-6,9-11,15H,1-2,7-8,12-13H2,(H,23,24)/t15-/m1/s1. The van der Waals surface area contributed by atoms with Crippen LogP contribution in [-0.4, -0.2) is 28.2 Å². The lowest BCUT2D eigenvalue weighted by atomic mass is 9.90. The molecular formula is C20H21Cl2N3. The Morgan fingerprint density at radius 3 is 2.84 bits per heavy atom. The van der Waals surface area contributed by atoms with Crippen LogP contribution < -0.4 is 0 Å². The number of hydrogen-bond acceptors (Lipinski definition) is 2. The van der Waals surface area contributed by atoms with Gasteiger partial charge in [0, 0.05) is 18.5 Å². The summed E-state index contributed by atoms with van der Waals surface area (Å²) in [7, 11) is 0. The van der Waals surface area contributed by atoms with Crippen LogP contribution in [-0.2, 0) is 13.0 Å². The number of nitrogens with zero attached hydrogens (tertiary/aromatic N) is 2. The normalized spacial score (nSPS) is 18.7. The number of nitrogens with one attached hydrogen (secondary N) is 1. The number of fused-ring (bicyclic) bond motifs is 1. The number of likely N-dealkylation sites (tertiary alicyclic amines) is 1. The summed E-state index contributed by atoms with van der Waals surface area (Å²) < 4.78 is 0. The van der Waals surface area contributed by atoms with E-state index in [2.05, 4.69) is 39.4 Å². The monoisotopic (exact) mass is 373 g/mol. The average Bonchev–Trinajstić information content (AvgIpc) is 3.06. The summed E-state index contributed by atoms with van der Waals surface area (Å²) in [6.07, 6.45) is 5.57. The highest BCUT2D eigenvalue weighted by molar-refractivity contribution is 6.42. The maximum Gasteiger partial charge on any atom is 0.0650 e. The number of benzene rings is 2. The molecule has 0 saturated carbocycles. The van der Waals surface area contributed by atoms with Crippen molar-refractivity contribution in [3.63, 3.8) is 0 Å². The van der Waals surface area contributed by atoms with Crippen molar-refractivity contribution < 1.29 is 0 Å². The predicted molar refractivity (Wildman–Crippen MR) is 104 cm³/mol. The van der Waals surface area contributed by atoms with Crippen LogP contribution >= 0.6 is 23.2 Å². The van der Waals surface area contributed by atoms with Gasteiger partial charge in [-0.3, -0.25) is 10.00 Å². The molecule has 1 aliphatic heterocycles. The van der Waals surface area contributed by atoms with E-state index in [4.69, 9.17) is 23.2 Å². The van der Waals surface area contributed by atoms with Gasteiger partial charge in [0.05, 0.1) is 21.8 Å². The van der Waals surface area contributed by atoms with Crippen LogP contribution in [0, 0.1) is 5.92 Å². The zero-order chi connectivity index (χ0) is 17.2. The molecule has 25 heavy (non-hydrogen) atoms. The van der Waals surface area contributed by atoms with Crippen molar-refractivity contribution in [2.24, 2.45) is 5.92 Å². The van der Waals surface area contributed by atoms with Gasteiger partial charge in [0.15, 0.2) is 0 Å². The van der Waals surface area contributed by atoms with E-state index >= 15 is 0 Å². The van der Waals surface area contributed by atoms with Gasteiger partial charge >= 0.3 is 0 Å². The van der Waals surface area contributed by atoms with Crippen molar-refractivity contribution in [1.29, 1.82) is 0 Å². The summed E-state index contributed by atoms with van der Waals surface area (Å²) in [5, 5.41) is 9.58. The van der Waals surface area contributed by atoms with Crippen LogP contribution in [0.2, 0.25) is 10.0 Å². The minimum atomic E-state index is 0.622. The second kappa shape index (κ2) is 7.36. The molecule has 1 saturated heterocycles. The van der Waals surface area contributed by atoms with Crippen molar-refractivity contribution in [3.05, 3.63) is 63.8 Å². The Labute approximate surface area is 157 Å². The van der Waals surface area contributed by atoms with Crippen molar-refractivity contribution in [1.82, 2.24) is 15.1 Å². The second-order valence-corrected chi connectivity index (χ2v) is 7.80. The number of rotatable bonds is 4. The fraction of sp³-hybridized carbons (Fsp3) is 0.350. The molecule has 4 rings (SSSR count). The lowest BCUT2D eigenvalue weighted by Crippen LogP contribution is -2.35. The number of halogens is 2. The number of aromatic nitrogens is 2. The Morgan fingerprint density at radius 1 is 1.08 bits per heavy atom. The first-order valence-electron chi connectivity index (χ1n) is 8.76. The molecule has 130 valence electrons. The lowest BCUT2D eigenvalue weighted by molar-refractivity contribution is 0.167. The summed E-state index contributed by atoms with van der Waals surface area (Å²) >= 11 is 12.2. The predicted octanol–water partition coefficient (Wildman–Crippen LogP) is 5.32. The Balaban J connectivity index is 1.40. The number of H-pyrrole nitrogens is 1. The van der Waals surface area contributed by atoms with Crippen LogP contribution in [0.4, 0.5) is 0 Å². The van der Waals surface area contributed by atoms with E-state index < -0.39 is 0 Å². The maximum atomic E-state index is 6.15. The molecule has 0 radical (unpaired) electrons. The smallest absolute Gasteiger partial charge is 0.0650 e. The van der Waals surface area contributed by atoms with Gasteiger partial charge in [-0.05, 0) is 67.1 Å². The van der Waals surface area contributed by atoms with Gasteiger partial charge in [0.25, 0.3) is 0 Å². The van der Waals surface area contributed by atoms with Crippen LogP contribution in [0.5, 0.6) is 0 Å². The fourth-order valence-corrected chi connectivity index (χ4v) is 4.13. The summed E-state index contributed by atoms with van der Waals surface area (Å²) in [4.78, 5) is 2.53. The van der Waals surface area contributed by atoms with Gasteiger partial charge < -0.3 is 0 Å². The summed E-state index contributed by atoms with van der Waals surface area (Å²) in [5.74, 6) is 0.695. The van der Waals surface area contributed by atoms with E-state index in [1.54, 1.807) is 0 Å². The van der Waals surface area contributed by atoms with Crippen molar-refractivity contribution in [3.8, 4) is 0 Å². The van der Waals surface area contributed by atoms with Crippen molar-refractivity contribution in [2.45, 2.75) is 25.8 Å². The van der Waals surface area contributed by atoms with Crippen LogP contribution in [0.25, 0.3) is 10.9 Å². The molecule has 1 atom stereocenters. The average molecular weight is 374 g/mol. The molecule has 5 heteroatoms. The summed E-state index contributed by atoms with van der Waals surface area (Å²) in [5.41, 5.74) is 3.73. The SMILES string of the molecule is Clc1ccc(CN2CCC[C@H](Cc3ccc4[nH]ncc4c3)C2)cc1Cl. The fourth-order valence-electron chi connectivity index (χ4n) is 3.81. The molecule has 0 unspecified atom stereocenters. The highest BCUT2D eigenvalue weighted by Crippen LogP contribution is 2.26. The molecule has 0 spiro atoms. The topological polar surface area (TPSA) is 31.9 Å². The lowest BCUT2D eigenvalue weighted by Gasteiger charge is -2.33. The van der Waals surface area contributed by atoms with Crippen molar-refractivity contribution in [2.75, 3.05) is 13.1 Å². The second-order valence-electron chi connectivity index (χ2n) is 6.99. The Hall–Kier alpha value is -1.55. The third kappa shape index (κ3) is 4.00. The molecule has 2 aromatic carbocycles. The van der Waals surface area contributed by atoms with Crippen molar-refractivity contribution >= 4 is 34.1 Å². The summed E-state index contributed by atoms with van der Waals surface area (Å²) in [6.45, 7) is 3.22. The molecule has 0 amide bonds. The molecule has 3 nitrogen and oxygen atoms in total. The molecule has 3 aromatic rings. The minimum absolute atomic E-state index is 0.622. The Kier molecular flexibility index (Phi) is 4.98. The van der Waals surface area contributed by atoms with Gasteiger partial charge in [-0.15, -0.1) is 0 Å². The highest BCUT2D eigenvalue weighted by atomic mass is 35.5. The molecular weight excluding hydrogens is 353 g/mol. The zero-order valence-electron chi connectivity index (χ0n) is 14.0. The van der Waals surface area contributed by atoms with Crippen LogP contribution in [0.15, 0.2) is 42.6 Å². The number of hydrogen-bond donors (Lipinski definition) is 1. The zero-order valence-corrected chi connectivity index (χ0v) is 15.5. The molecule has 1 aromatic heterocycles. The van der Waals surface area contributed by atoms with Gasteiger partial charge in [-0.1, -0.05) is 35.3 Å². The third-order valence-electron chi connectivity index (χ3n) is 5.02.